The summed E-state index contributed by atoms with van der Waals surface area (Å²) in [6.07, 6.45) is 0. The summed E-state index contributed by atoms with van der Waals surface area (Å²) in [5.41, 5.74) is 6.04. The van der Waals surface area contributed by atoms with Gasteiger partial charge in [-0.15, -0.1) is 11.3 Å². The predicted molar refractivity (Wildman–Crippen MR) is 135 cm³/mol. The van der Waals surface area contributed by atoms with E-state index in [9.17, 15) is 9.59 Å². The first kappa shape index (κ1) is 22.3. The maximum Gasteiger partial charge on any atom is 0.260 e. The van der Waals surface area contributed by atoms with E-state index in [1.165, 1.54) is 34.2 Å². The van der Waals surface area contributed by atoms with Gasteiger partial charge >= 0.3 is 0 Å². The summed E-state index contributed by atoms with van der Waals surface area (Å²) in [5.74, 6) is 0.481. The molecule has 0 unspecified atom stereocenters. The van der Waals surface area contributed by atoms with Crippen LogP contribution >= 0.6 is 23.1 Å². The topological polar surface area (TPSA) is 74.8 Å². The van der Waals surface area contributed by atoms with E-state index >= 15 is 0 Å². The fourth-order valence-corrected chi connectivity index (χ4v) is 5.07. The highest BCUT2D eigenvalue weighted by Crippen LogP contribution is 2.32. The first-order valence-corrected chi connectivity index (χ1v) is 12.3. The number of anilines is 1. The maximum absolute atomic E-state index is 12.8. The summed E-state index contributed by atoms with van der Waals surface area (Å²) in [4.78, 5) is 33.3. The second-order valence-electron chi connectivity index (χ2n) is 8.11. The van der Waals surface area contributed by atoms with Crippen LogP contribution in [-0.4, -0.2) is 21.6 Å². The van der Waals surface area contributed by atoms with Crippen LogP contribution in [0.3, 0.4) is 0 Å². The molecule has 4 rings (SSSR count). The molecule has 32 heavy (non-hydrogen) atoms. The minimum absolute atomic E-state index is 0.141. The molecule has 2 aromatic carbocycles. The highest BCUT2D eigenvalue weighted by atomic mass is 32.2. The Morgan fingerprint density at radius 3 is 2.56 bits per heavy atom. The first-order chi connectivity index (χ1) is 15.3. The van der Waals surface area contributed by atoms with Crippen molar-refractivity contribution in [3.8, 4) is 11.1 Å². The van der Waals surface area contributed by atoms with E-state index in [1.807, 2.05) is 37.4 Å². The summed E-state index contributed by atoms with van der Waals surface area (Å²) >= 11 is 2.66. The number of rotatable bonds is 6. The number of benzene rings is 2. The van der Waals surface area contributed by atoms with Crippen LogP contribution in [0, 0.1) is 13.8 Å². The number of thioether (sulfide) groups is 1. The Kier molecular flexibility index (Phi) is 6.48. The normalized spacial score (nSPS) is 11.3. The van der Waals surface area contributed by atoms with E-state index in [0.29, 0.717) is 21.3 Å². The number of aromatic amines is 1. The number of aryl methyl sites for hydroxylation is 2. The van der Waals surface area contributed by atoms with Crippen LogP contribution in [0.2, 0.25) is 0 Å². The lowest BCUT2D eigenvalue weighted by molar-refractivity contribution is -0.113. The number of nitrogens with zero attached hydrogens (tertiary/aromatic N) is 1. The Morgan fingerprint density at radius 2 is 1.88 bits per heavy atom. The van der Waals surface area contributed by atoms with Gasteiger partial charge in [-0.1, -0.05) is 55.9 Å². The third kappa shape index (κ3) is 4.79. The van der Waals surface area contributed by atoms with Crippen molar-refractivity contribution in [1.82, 2.24) is 9.97 Å². The van der Waals surface area contributed by atoms with Crippen molar-refractivity contribution < 1.29 is 4.79 Å². The molecule has 2 aromatic heterocycles. The van der Waals surface area contributed by atoms with Crippen LogP contribution in [0.1, 0.15) is 36.5 Å². The Balaban J connectivity index is 1.49. The summed E-state index contributed by atoms with van der Waals surface area (Å²) in [6, 6.07) is 14.1. The molecule has 0 saturated heterocycles. The number of thiophene rings is 1. The fraction of sp³-hybridized carbons (Fsp3) is 0.240. The standard InChI is InChI=1S/C25H25N3O2S2/c1-14(2)17-6-8-18(9-7-17)20-12-31-24-22(20)23(30)27-25(28-24)32-13-21(29)26-19-10-5-15(3)16(4)11-19/h5-12,14H,13H2,1-4H3,(H,26,29)(H,27,28,30). The minimum Gasteiger partial charge on any atom is -0.325 e. The van der Waals surface area contributed by atoms with Gasteiger partial charge in [-0.05, 0) is 54.2 Å². The number of carbonyl (C=O) groups excluding carboxylic acids is 1. The van der Waals surface area contributed by atoms with Crippen molar-refractivity contribution in [2.75, 3.05) is 11.1 Å². The van der Waals surface area contributed by atoms with Gasteiger partial charge in [0, 0.05) is 16.6 Å². The predicted octanol–water partition coefficient (Wildman–Crippen LogP) is 6.12. The molecule has 0 aliphatic carbocycles. The zero-order valence-corrected chi connectivity index (χ0v) is 20.1. The molecule has 0 spiro atoms. The molecule has 164 valence electrons. The van der Waals surface area contributed by atoms with Gasteiger partial charge in [-0.25, -0.2) is 4.98 Å². The minimum atomic E-state index is -0.184. The average molecular weight is 464 g/mol. The third-order valence-corrected chi connectivity index (χ3v) is 7.19. The quantitative estimate of drug-likeness (QED) is 0.267. The summed E-state index contributed by atoms with van der Waals surface area (Å²) in [5, 5.41) is 5.90. The fourth-order valence-electron chi connectivity index (χ4n) is 3.41. The summed E-state index contributed by atoms with van der Waals surface area (Å²) in [7, 11) is 0. The van der Waals surface area contributed by atoms with E-state index in [4.69, 9.17) is 0 Å². The molecule has 0 atom stereocenters. The Labute approximate surface area is 195 Å². The van der Waals surface area contributed by atoms with Crippen LogP contribution < -0.4 is 10.9 Å². The van der Waals surface area contributed by atoms with E-state index in [-0.39, 0.29) is 17.2 Å². The molecule has 5 nitrogen and oxygen atoms in total. The lowest BCUT2D eigenvalue weighted by atomic mass is 9.99. The van der Waals surface area contributed by atoms with Crippen molar-refractivity contribution in [2.45, 2.75) is 38.8 Å². The smallest absolute Gasteiger partial charge is 0.260 e. The van der Waals surface area contributed by atoms with Crippen molar-refractivity contribution in [3.63, 3.8) is 0 Å². The maximum atomic E-state index is 12.8. The van der Waals surface area contributed by atoms with Crippen LogP contribution in [0.25, 0.3) is 21.3 Å². The van der Waals surface area contributed by atoms with E-state index in [2.05, 4.69) is 53.4 Å². The van der Waals surface area contributed by atoms with Gasteiger partial charge in [0.1, 0.15) is 4.83 Å². The zero-order valence-electron chi connectivity index (χ0n) is 18.5. The highest BCUT2D eigenvalue weighted by molar-refractivity contribution is 7.99. The molecular formula is C25H25N3O2S2. The van der Waals surface area contributed by atoms with Crippen LogP contribution in [0.15, 0.2) is 57.8 Å². The van der Waals surface area contributed by atoms with Gasteiger partial charge in [-0.2, -0.15) is 0 Å². The van der Waals surface area contributed by atoms with Gasteiger partial charge in [-0.3, -0.25) is 9.59 Å². The zero-order chi connectivity index (χ0) is 22.8. The molecule has 0 saturated carbocycles. The molecule has 1 amide bonds. The van der Waals surface area contributed by atoms with Gasteiger partial charge < -0.3 is 10.3 Å². The van der Waals surface area contributed by atoms with Crippen molar-refractivity contribution in [2.24, 2.45) is 0 Å². The Hall–Kier alpha value is -2.90. The summed E-state index contributed by atoms with van der Waals surface area (Å²) < 4.78 is 0. The van der Waals surface area contributed by atoms with Crippen molar-refractivity contribution in [3.05, 3.63) is 74.9 Å². The number of amides is 1. The second-order valence-corrected chi connectivity index (χ2v) is 9.94. The van der Waals surface area contributed by atoms with Crippen LogP contribution in [-0.2, 0) is 4.79 Å². The molecule has 0 aliphatic rings. The number of hydrogen-bond donors (Lipinski definition) is 2. The van der Waals surface area contributed by atoms with E-state index in [1.54, 1.807) is 0 Å². The second kappa shape index (κ2) is 9.30. The Bertz CT molecular complexity index is 1340. The number of carbonyl (C=O) groups is 1. The third-order valence-electron chi connectivity index (χ3n) is 5.44. The van der Waals surface area contributed by atoms with Gasteiger partial charge in [0.25, 0.3) is 5.56 Å². The number of hydrogen-bond acceptors (Lipinski definition) is 5. The molecule has 0 radical (unpaired) electrons. The summed E-state index contributed by atoms with van der Waals surface area (Å²) in [6.45, 7) is 8.36. The van der Waals surface area contributed by atoms with Crippen molar-refractivity contribution in [1.29, 1.82) is 0 Å². The molecule has 0 aliphatic heterocycles. The molecule has 2 heterocycles. The van der Waals surface area contributed by atoms with Gasteiger partial charge in [0.2, 0.25) is 5.91 Å². The van der Waals surface area contributed by atoms with E-state index in [0.717, 1.165) is 22.4 Å². The average Bonchev–Trinajstić information content (AvgIpc) is 3.19. The molecule has 2 N–H and O–H groups in total. The lowest BCUT2D eigenvalue weighted by Gasteiger charge is -2.08. The van der Waals surface area contributed by atoms with Crippen molar-refractivity contribution >= 4 is 44.9 Å². The number of H-pyrrole nitrogens is 1. The molecule has 7 heteroatoms. The van der Waals surface area contributed by atoms with Gasteiger partial charge in [0.05, 0.1) is 11.1 Å². The number of nitrogens with one attached hydrogen (secondary N) is 2. The van der Waals surface area contributed by atoms with Crippen LogP contribution in [0.5, 0.6) is 0 Å². The SMILES string of the molecule is Cc1ccc(NC(=O)CSc2nc3scc(-c4ccc(C(C)C)cc4)c3c(=O)[nH]2)cc1C. The largest absolute Gasteiger partial charge is 0.325 e. The Morgan fingerprint density at radius 1 is 1.12 bits per heavy atom. The first-order valence-electron chi connectivity index (χ1n) is 10.4. The highest BCUT2D eigenvalue weighted by Gasteiger charge is 2.14. The monoisotopic (exact) mass is 463 g/mol. The molecular weight excluding hydrogens is 438 g/mol. The molecule has 0 bridgehead atoms. The number of fused-ring (bicyclic) bond motifs is 1. The molecule has 0 fully saturated rings. The lowest BCUT2D eigenvalue weighted by Crippen LogP contribution is -2.15. The van der Waals surface area contributed by atoms with E-state index < -0.39 is 0 Å². The van der Waals surface area contributed by atoms with Gasteiger partial charge in [0.15, 0.2) is 5.16 Å². The number of aromatic nitrogens is 2. The molecule has 4 aromatic rings. The van der Waals surface area contributed by atoms with Crippen LogP contribution in [0.4, 0.5) is 5.69 Å².